The average molecular weight is 468 g/mol. The molecule has 0 saturated heterocycles. The van der Waals surface area contributed by atoms with Crippen LogP contribution in [0.25, 0.3) is 0 Å². The number of amides is 4. The van der Waals surface area contributed by atoms with Crippen molar-refractivity contribution in [3.05, 3.63) is 35.9 Å². The molecule has 0 saturated carbocycles. The highest BCUT2D eigenvalue weighted by atomic mass is 32.2. The number of carbonyl (C=O) groups is 5. The van der Waals surface area contributed by atoms with Crippen LogP contribution in [-0.4, -0.2) is 71.4 Å². The summed E-state index contributed by atoms with van der Waals surface area (Å²) in [7, 11) is 0. The number of carbonyl (C=O) groups excluding carboxylic acids is 4. The SMILES string of the molecule is CSCCC(N)C(=O)NCC(=O)NC(Cc1ccccc1)C(=O)NC(CC(N)=O)C(=O)O. The van der Waals surface area contributed by atoms with Crippen LogP contribution in [0.15, 0.2) is 30.3 Å². The van der Waals surface area contributed by atoms with Crippen molar-refractivity contribution in [3.8, 4) is 0 Å². The molecule has 0 heterocycles. The van der Waals surface area contributed by atoms with E-state index >= 15 is 0 Å². The number of rotatable bonds is 14. The predicted octanol–water partition coefficient (Wildman–Crippen LogP) is -1.64. The number of carboxylic acid groups (broad SMARTS) is 1. The first-order valence-corrected chi connectivity index (χ1v) is 11.2. The molecule has 4 amide bonds. The molecule has 11 nitrogen and oxygen atoms in total. The summed E-state index contributed by atoms with van der Waals surface area (Å²) < 4.78 is 0. The van der Waals surface area contributed by atoms with Gasteiger partial charge >= 0.3 is 5.97 Å². The Kier molecular flexibility index (Phi) is 11.8. The van der Waals surface area contributed by atoms with Crippen molar-refractivity contribution >= 4 is 41.4 Å². The number of aliphatic carboxylic acids is 1. The summed E-state index contributed by atoms with van der Waals surface area (Å²) in [5.41, 5.74) is 11.5. The van der Waals surface area contributed by atoms with Gasteiger partial charge in [-0.1, -0.05) is 30.3 Å². The lowest BCUT2D eigenvalue weighted by Gasteiger charge is -2.21. The summed E-state index contributed by atoms with van der Waals surface area (Å²) in [6.45, 7) is -0.409. The van der Waals surface area contributed by atoms with Crippen molar-refractivity contribution in [3.63, 3.8) is 0 Å². The highest BCUT2D eigenvalue weighted by molar-refractivity contribution is 7.98. The zero-order valence-electron chi connectivity index (χ0n) is 17.7. The van der Waals surface area contributed by atoms with E-state index in [9.17, 15) is 29.1 Å². The van der Waals surface area contributed by atoms with Gasteiger partial charge in [0.25, 0.3) is 0 Å². The van der Waals surface area contributed by atoms with Gasteiger partial charge in [-0.3, -0.25) is 19.2 Å². The quantitative estimate of drug-likeness (QED) is 0.187. The molecule has 0 bridgehead atoms. The number of hydrogen-bond acceptors (Lipinski definition) is 7. The van der Waals surface area contributed by atoms with Crippen LogP contribution >= 0.6 is 11.8 Å². The minimum Gasteiger partial charge on any atom is -0.480 e. The monoisotopic (exact) mass is 467 g/mol. The van der Waals surface area contributed by atoms with Gasteiger partial charge in [0, 0.05) is 6.42 Å². The van der Waals surface area contributed by atoms with Crippen LogP contribution in [0, 0.1) is 0 Å². The normalized spacial score (nSPS) is 13.3. The van der Waals surface area contributed by atoms with E-state index in [4.69, 9.17) is 11.5 Å². The first-order chi connectivity index (χ1) is 15.1. The van der Waals surface area contributed by atoms with Gasteiger partial charge in [0.05, 0.1) is 19.0 Å². The van der Waals surface area contributed by atoms with E-state index in [1.54, 1.807) is 42.1 Å². The molecule has 32 heavy (non-hydrogen) atoms. The molecule has 8 N–H and O–H groups in total. The van der Waals surface area contributed by atoms with E-state index < -0.39 is 60.7 Å². The van der Waals surface area contributed by atoms with E-state index in [2.05, 4.69) is 16.0 Å². The van der Waals surface area contributed by atoms with Crippen molar-refractivity contribution in [1.29, 1.82) is 0 Å². The molecule has 0 fully saturated rings. The van der Waals surface area contributed by atoms with E-state index in [0.29, 0.717) is 17.7 Å². The van der Waals surface area contributed by atoms with Crippen LogP contribution < -0.4 is 27.4 Å². The van der Waals surface area contributed by atoms with Crippen LogP contribution in [0.2, 0.25) is 0 Å². The minimum atomic E-state index is -1.54. The molecule has 3 unspecified atom stereocenters. The van der Waals surface area contributed by atoms with Gasteiger partial charge in [-0.2, -0.15) is 11.8 Å². The Morgan fingerprint density at radius 1 is 1.03 bits per heavy atom. The van der Waals surface area contributed by atoms with Gasteiger partial charge in [0.2, 0.25) is 23.6 Å². The second kappa shape index (κ2) is 14.0. The Hall–Kier alpha value is -3.12. The van der Waals surface area contributed by atoms with E-state index in [1.165, 1.54) is 0 Å². The van der Waals surface area contributed by atoms with Gasteiger partial charge in [-0.25, -0.2) is 4.79 Å². The molecule has 176 valence electrons. The van der Waals surface area contributed by atoms with Crippen molar-refractivity contribution in [2.75, 3.05) is 18.6 Å². The number of nitrogens with one attached hydrogen (secondary N) is 3. The fraction of sp³-hybridized carbons (Fsp3) is 0.450. The van der Waals surface area contributed by atoms with Crippen LogP contribution in [0.5, 0.6) is 0 Å². The van der Waals surface area contributed by atoms with Crippen molar-refractivity contribution in [2.24, 2.45) is 11.5 Å². The Morgan fingerprint density at radius 2 is 1.69 bits per heavy atom. The number of benzene rings is 1. The lowest BCUT2D eigenvalue weighted by molar-refractivity contribution is -0.143. The Labute approximate surface area is 190 Å². The van der Waals surface area contributed by atoms with E-state index in [0.717, 1.165) is 0 Å². The van der Waals surface area contributed by atoms with Gasteiger partial charge in [-0.15, -0.1) is 0 Å². The molecular formula is C20H29N5O6S. The van der Waals surface area contributed by atoms with Gasteiger partial charge in [-0.05, 0) is 24.0 Å². The fourth-order valence-electron chi connectivity index (χ4n) is 2.65. The van der Waals surface area contributed by atoms with E-state index in [1.807, 2.05) is 6.26 Å². The molecule has 1 aromatic carbocycles. The third-order valence-corrected chi connectivity index (χ3v) is 4.99. The second-order valence-electron chi connectivity index (χ2n) is 6.99. The van der Waals surface area contributed by atoms with Crippen molar-refractivity contribution in [1.82, 2.24) is 16.0 Å². The second-order valence-corrected chi connectivity index (χ2v) is 7.97. The third-order valence-electron chi connectivity index (χ3n) is 4.35. The molecule has 1 aromatic rings. The molecule has 0 aromatic heterocycles. The number of hydrogen-bond donors (Lipinski definition) is 6. The average Bonchev–Trinajstić information content (AvgIpc) is 2.75. The maximum atomic E-state index is 12.7. The third kappa shape index (κ3) is 10.3. The number of nitrogens with two attached hydrogens (primary N) is 2. The summed E-state index contributed by atoms with van der Waals surface area (Å²) in [5, 5.41) is 16.3. The summed E-state index contributed by atoms with van der Waals surface area (Å²) in [5.74, 6) is -3.61. The van der Waals surface area contributed by atoms with Gasteiger partial charge in [0.15, 0.2) is 0 Å². The van der Waals surface area contributed by atoms with Gasteiger partial charge in [0.1, 0.15) is 12.1 Å². The fourth-order valence-corrected chi connectivity index (χ4v) is 3.14. The zero-order chi connectivity index (χ0) is 24.1. The standard InChI is InChI=1S/C20H29N5O6S/c1-32-8-7-13(21)18(28)23-11-17(27)24-14(9-12-5-3-2-4-6-12)19(29)25-15(20(30)31)10-16(22)26/h2-6,13-15H,7-11,21H2,1H3,(H2,22,26)(H,23,28)(H,24,27)(H,25,29)(H,30,31). The Morgan fingerprint density at radius 3 is 2.25 bits per heavy atom. The Bertz CT molecular complexity index is 807. The lowest BCUT2D eigenvalue weighted by atomic mass is 10.0. The molecule has 0 aliphatic carbocycles. The summed E-state index contributed by atoms with van der Waals surface area (Å²) in [4.78, 5) is 59.4. The molecule has 12 heteroatoms. The maximum absolute atomic E-state index is 12.7. The molecule has 0 spiro atoms. The molecule has 1 rings (SSSR count). The topological polar surface area (TPSA) is 194 Å². The largest absolute Gasteiger partial charge is 0.480 e. The molecular weight excluding hydrogens is 438 g/mol. The maximum Gasteiger partial charge on any atom is 0.326 e. The number of thioether (sulfide) groups is 1. The highest BCUT2D eigenvalue weighted by Gasteiger charge is 2.28. The number of primary amides is 1. The smallest absolute Gasteiger partial charge is 0.326 e. The summed E-state index contributed by atoms with van der Waals surface area (Å²) in [6, 6.07) is 5.29. The first kappa shape index (κ1) is 26.9. The molecule has 0 radical (unpaired) electrons. The Balaban J connectivity index is 2.81. The van der Waals surface area contributed by atoms with Crippen molar-refractivity contribution in [2.45, 2.75) is 37.4 Å². The van der Waals surface area contributed by atoms with Crippen molar-refractivity contribution < 1.29 is 29.1 Å². The summed E-state index contributed by atoms with van der Waals surface area (Å²) >= 11 is 1.54. The van der Waals surface area contributed by atoms with E-state index in [-0.39, 0.29) is 6.42 Å². The van der Waals surface area contributed by atoms with Crippen LogP contribution in [0.1, 0.15) is 18.4 Å². The molecule has 0 aliphatic rings. The lowest BCUT2D eigenvalue weighted by Crippen LogP contribution is -2.55. The highest BCUT2D eigenvalue weighted by Crippen LogP contribution is 2.05. The zero-order valence-corrected chi connectivity index (χ0v) is 18.5. The molecule has 0 aliphatic heterocycles. The van der Waals surface area contributed by atoms with Crippen LogP contribution in [0.3, 0.4) is 0 Å². The van der Waals surface area contributed by atoms with Crippen LogP contribution in [0.4, 0.5) is 0 Å². The summed E-state index contributed by atoms with van der Waals surface area (Å²) in [6.07, 6.45) is 1.79. The van der Waals surface area contributed by atoms with Crippen LogP contribution in [-0.2, 0) is 30.4 Å². The molecule has 3 atom stereocenters. The predicted molar refractivity (Wildman–Crippen MR) is 119 cm³/mol. The number of carboxylic acids is 1. The minimum absolute atomic E-state index is 0.0580. The van der Waals surface area contributed by atoms with Gasteiger partial charge < -0.3 is 32.5 Å². The first-order valence-electron chi connectivity index (χ1n) is 9.81.